The Labute approximate surface area is 114 Å². The van der Waals surface area contributed by atoms with Gasteiger partial charge in [0.15, 0.2) is 0 Å². The van der Waals surface area contributed by atoms with Crippen LogP contribution >= 0.6 is 0 Å². The zero-order valence-electron chi connectivity index (χ0n) is 11.3. The average molecular weight is 259 g/mol. The molecule has 1 saturated heterocycles. The normalized spacial score (nSPS) is 22.1. The van der Waals surface area contributed by atoms with E-state index >= 15 is 0 Å². The van der Waals surface area contributed by atoms with Crippen LogP contribution in [0.2, 0.25) is 0 Å². The largest absolute Gasteiger partial charge is 0.481 e. The zero-order chi connectivity index (χ0) is 13.3. The minimum absolute atomic E-state index is 0.601. The number of carboxylic acid groups (broad SMARTS) is 1. The van der Waals surface area contributed by atoms with Crippen molar-refractivity contribution >= 4 is 5.97 Å². The molecule has 2 fully saturated rings. The highest BCUT2D eigenvalue weighted by molar-refractivity contribution is 5.83. The molecule has 3 heteroatoms. The van der Waals surface area contributed by atoms with Crippen molar-refractivity contribution in [2.24, 2.45) is 0 Å². The van der Waals surface area contributed by atoms with Crippen LogP contribution in [0, 0.1) is 0 Å². The second-order valence-corrected chi connectivity index (χ2v) is 5.88. The van der Waals surface area contributed by atoms with E-state index < -0.39 is 11.4 Å². The van der Waals surface area contributed by atoms with Gasteiger partial charge >= 0.3 is 5.97 Å². The summed E-state index contributed by atoms with van der Waals surface area (Å²) in [5, 5.41) is 9.61. The van der Waals surface area contributed by atoms with Crippen LogP contribution in [0.3, 0.4) is 0 Å². The molecule has 0 spiro atoms. The molecule has 19 heavy (non-hydrogen) atoms. The summed E-state index contributed by atoms with van der Waals surface area (Å²) in [6.07, 6.45) is 5.15. The van der Waals surface area contributed by atoms with E-state index in [-0.39, 0.29) is 0 Å². The van der Waals surface area contributed by atoms with Gasteiger partial charge in [-0.1, -0.05) is 30.7 Å². The number of likely N-dealkylation sites (tertiary alicyclic amines) is 1. The molecule has 2 aliphatic rings. The first-order valence-corrected chi connectivity index (χ1v) is 7.26. The molecule has 1 aliphatic carbocycles. The first-order valence-electron chi connectivity index (χ1n) is 7.26. The molecule has 0 atom stereocenters. The second-order valence-electron chi connectivity index (χ2n) is 5.88. The fourth-order valence-electron chi connectivity index (χ4n) is 3.44. The van der Waals surface area contributed by atoms with Crippen LogP contribution in [0.15, 0.2) is 24.3 Å². The number of rotatable bonds is 4. The molecule has 1 aromatic rings. The molecular formula is C16H21NO2. The van der Waals surface area contributed by atoms with Crippen molar-refractivity contribution in [2.45, 2.75) is 44.1 Å². The summed E-state index contributed by atoms with van der Waals surface area (Å²) in [7, 11) is 0. The van der Waals surface area contributed by atoms with E-state index in [9.17, 15) is 9.90 Å². The molecule has 0 radical (unpaired) electrons. The van der Waals surface area contributed by atoms with Gasteiger partial charge in [-0.3, -0.25) is 9.69 Å². The summed E-state index contributed by atoms with van der Waals surface area (Å²) in [5.41, 5.74) is 1.67. The van der Waals surface area contributed by atoms with Crippen LogP contribution in [-0.4, -0.2) is 29.1 Å². The highest BCUT2D eigenvalue weighted by Gasteiger charge is 2.47. The highest BCUT2D eigenvalue weighted by Crippen LogP contribution is 2.45. The Bertz CT molecular complexity index is 473. The molecule has 3 rings (SSSR count). The van der Waals surface area contributed by atoms with Gasteiger partial charge in [0.2, 0.25) is 0 Å². The Morgan fingerprint density at radius 1 is 1.16 bits per heavy atom. The van der Waals surface area contributed by atoms with E-state index in [4.69, 9.17) is 0 Å². The van der Waals surface area contributed by atoms with Gasteiger partial charge in [0.05, 0.1) is 5.41 Å². The van der Waals surface area contributed by atoms with Gasteiger partial charge in [-0.2, -0.15) is 0 Å². The van der Waals surface area contributed by atoms with E-state index in [2.05, 4.69) is 11.0 Å². The van der Waals surface area contributed by atoms with Crippen molar-refractivity contribution in [1.29, 1.82) is 0 Å². The van der Waals surface area contributed by atoms with Gasteiger partial charge in [-0.25, -0.2) is 0 Å². The Hall–Kier alpha value is -1.35. The monoisotopic (exact) mass is 259 g/mol. The number of hydrogen-bond acceptors (Lipinski definition) is 2. The highest BCUT2D eigenvalue weighted by atomic mass is 16.4. The van der Waals surface area contributed by atoms with Crippen LogP contribution in [0.25, 0.3) is 0 Å². The van der Waals surface area contributed by atoms with Crippen LogP contribution in [0.4, 0.5) is 0 Å². The van der Waals surface area contributed by atoms with Crippen molar-refractivity contribution in [3.63, 3.8) is 0 Å². The standard InChI is InChI=1S/C16H21NO2/c18-15(19)16(8-5-9-16)14-7-2-1-6-13(14)12-17-10-3-4-11-17/h1-2,6-7H,3-5,8-12H2,(H,18,19). The van der Waals surface area contributed by atoms with Gasteiger partial charge in [0.1, 0.15) is 0 Å². The summed E-state index contributed by atoms with van der Waals surface area (Å²) in [6, 6.07) is 8.14. The number of hydrogen-bond donors (Lipinski definition) is 1. The maximum Gasteiger partial charge on any atom is 0.314 e. The van der Waals surface area contributed by atoms with Crippen LogP contribution < -0.4 is 0 Å². The molecule has 1 N–H and O–H groups in total. The third-order valence-electron chi connectivity index (χ3n) is 4.74. The molecule has 1 heterocycles. The Kier molecular flexibility index (Phi) is 3.31. The zero-order valence-corrected chi connectivity index (χ0v) is 11.3. The maximum absolute atomic E-state index is 11.7. The second kappa shape index (κ2) is 4.97. The molecule has 0 aromatic heterocycles. The van der Waals surface area contributed by atoms with Crippen molar-refractivity contribution in [2.75, 3.05) is 13.1 Å². The van der Waals surface area contributed by atoms with Gasteiger partial charge in [0.25, 0.3) is 0 Å². The fourth-order valence-corrected chi connectivity index (χ4v) is 3.44. The summed E-state index contributed by atoms with van der Waals surface area (Å²) >= 11 is 0. The topological polar surface area (TPSA) is 40.5 Å². The van der Waals surface area contributed by atoms with E-state index in [1.807, 2.05) is 18.2 Å². The van der Waals surface area contributed by atoms with E-state index in [1.54, 1.807) is 0 Å². The Morgan fingerprint density at radius 2 is 1.84 bits per heavy atom. The summed E-state index contributed by atoms with van der Waals surface area (Å²) in [4.78, 5) is 14.1. The van der Waals surface area contributed by atoms with E-state index in [1.165, 1.54) is 18.4 Å². The molecule has 0 bridgehead atoms. The smallest absolute Gasteiger partial charge is 0.314 e. The predicted molar refractivity (Wildman–Crippen MR) is 74.1 cm³/mol. The summed E-state index contributed by atoms with van der Waals surface area (Å²) in [5.74, 6) is -0.646. The molecule has 0 unspecified atom stereocenters. The minimum Gasteiger partial charge on any atom is -0.481 e. The number of aliphatic carboxylic acids is 1. The molecular weight excluding hydrogens is 238 g/mol. The molecule has 1 aliphatic heterocycles. The van der Waals surface area contributed by atoms with Crippen LogP contribution in [-0.2, 0) is 16.8 Å². The van der Waals surface area contributed by atoms with Crippen molar-refractivity contribution in [3.05, 3.63) is 35.4 Å². The number of nitrogens with zero attached hydrogens (tertiary/aromatic N) is 1. The van der Waals surface area contributed by atoms with E-state index in [0.29, 0.717) is 0 Å². The van der Waals surface area contributed by atoms with Gasteiger partial charge in [-0.15, -0.1) is 0 Å². The van der Waals surface area contributed by atoms with Crippen LogP contribution in [0.5, 0.6) is 0 Å². The molecule has 0 amide bonds. The first kappa shape index (κ1) is 12.7. The van der Waals surface area contributed by atoms with Gasteiger partial charge in [-0.05, 0) is 49.9 Å². The third kappa shape index (κ3) is 2.16. The lowest BCUT2D eigenvalue weighted by Crippen LogP contribution is -2.43. The number of carboxylic acids is 1. The summed E-state index contributed by atoms with van der Waals surface area (Å²) in [6.45, 7) is 3.20. The maximum atomic E-state index is 11.7. The minimum atomic E-state index is -0.646. The third-order valence-corrected chi connectivity index (χ3v) is 4.74. The van der Waals surface area contributed by atoms with E-state index in [0.717, 1.165) is 44.5 Å². The SMILES string of the molecule is O=C(O)C1(c2ccccc2CN2CCCC2)CCC1. The first-order chi connectivity index (χ1) is 9.22. The van der Waals surface area contributed by atoms with Gasteiger partial charge < -0.3 is 5.11 Å². The van der Waals surface area contributed by atoms with Crippen molar-refractivity contribution in [3.8, 4) is 0 Å². The molecule has 1 saturated carbocycles. The Morgan fingerprint density at radius 3 is 2.42 bits per heavy atom. The molecule has 102 valence electrons. The molecule has 3 nitrogen and oxygen atoms in total. The Balaban J connectivity index is 1.90. The lowest BCUT2D eigenvalue weighted by Gasteiger charge is -2.39. The van der Waals surface area contributed by atoms with Crippen molar-refractivity contribution in [1.82, 2.24) is 4.90 Å². The molecule has 1 aromatic carbocycles. The van der Waals surface area contributed by atoms with Crippen molar-refractivity contribution < 1.29 is 9.90 Å². The van der Waals surface area contributed by atoms with Gasteiger partial charge in [0, 0.05) is 6.54 Å². The lowest BCUT2D eigenvalue weighted by atomic mass is 9.63. The lowest BCUT2D eigenvalue weighted by molar-refractivity contribution is -0.147. The van der Waals surface area contributed by atoms with Crippen LogP contribution in [0.1, 0.15) is 43.2 Å². The average Bonchev–Trinajstić information content (AvgIpc) is 2.82. The number of benzene rings is 1. The summed E-state index contributed by atoms with van der Waals surface area (Å²) < 4.78 is 0. The predicted octanol–water partition coefficient (Wildman–Crippen LogP) is 2.79. The number of carbonyl (C=O) groups is 1. The quantitative estimate of drug-likeness (QED) is 0.904. The fraction of sp³-hybridized carbons (Fsp3) is 0.562.